The van der Waals surface area contributed by atoms with E-state index in [9.17, 15) is 0 Å². The maximum atomic E-state index is 5.53. The Balaban J connectivity index is 0.00000480. The molecular weight excluding hydrogens is 511 g/mol. The molecule has 0 saturated heterocycles. The van der Waals surface area contributed by atoms with Gasteiger partial charge in [0.25, 0.3) is 0 Å². The first kappa shape index (κ1) is 27.0. The van der Waals surface area contributed by atoms with E-state index in [1.54, 1.807) is 14.2 Å². The van der Waals surface area contributed by atoms with Gasteiger partial charge in [-0.25, -0.2) is 4.99 Å². The van der Waals surface area contributed by atoms with Crippen LogP contribution in [0.1, 0.15) is 43.5 Å². The molecule has 174 valence electrons. The molecule has 2 N–H and O–H groups in total. The molecule has 0 bridgehead atoms. The van der Waals surface area contributed by atoms with Gasteiger partial charge in [-0.3, -0.25) is 0 Å². The smallest absolute Gasteiger partial charge is 0.192 e. The molecule has 1 atom stereocenters. The van der Waals surface area contributed by atoms with Crippen LogP contribution in [0.5, 0.6) is 11.5 Å². The van der Waals surface area contributed by atoms with Gasteiger partial charge in [-0.2, -0.15) is 0 Å². The van der Waals surface area contributed by atoms with Gasteiger partial charge in [0.2, 0.25) is 0 Å². The second-order valence-electron chi connectivity index (χ2n) is 6.84. The van der Waals surface area contributed by atoms with Gasteiger partial charge >= 0.3 is 0 Å². The Morgan fingerprint density at radius 3 is 2.61 bits per heavy atom. The Hall–Kier alpha value is -2.08. The number of benzene rings is 1. The third-order valence-corrected chi connectivity index (χ3v) is 4.78. The SMILES string of the molecule is CCOCCCNC(=NCc1nnc(C)n1C)NC(C)c1cc(OC)ccc1OC.I. The fourth-order valence-electron chi connectivity index (χ4n) is 2.88. The minimum Gasteiger partial charge on any atom is -0.497 e. The third kappa shape index (κ3) is 8.17. The number of nitrogens with zero attached hydrogens (tertiary/aromatic N) is 4. The van der Waals surface area contributed by atoms with E-state index < -0.39 is 0 Å². The Labute approximate surface area is 202 Å². The van der Waals surface area contributed by atoms with Gasteiger partial charge < -0.3 is 29.4 Å². The lowest BCUT2D eigenvalue weighted by Crippen LogP contribution is -2.39. The first-order valence-electron chi connectivity index (χ1n) is 10.2. The molecule has 9 nitrogen and oxygen atoms in total. The summed E-state index contributed by atoms with van der Waals surface area (Å²) in [7, 11) is 5.25. The normalized spacial score (nSPS) is 12.1. The number of guanidine groups is 1. The van der Waals surface area contributed by atoms with E-state index in [1.165, 1.54) is 0 Å². The van der Waals surface area contributed by atoms with Crippen LogP contribution in [0, 0.1) is 6.92 Å². The molecule has 0 aliphatic rings. The monoisotopic (exact) mass is 546 g/mol. The number of hydrogen-bond donors (Lipinski definition) is 2. The third-order valence-electron chi connectivity index (χ3n) is 4.78. The van der Waals surface area contributed by atoms with Crippen molar-refractivity contribution in [2.75, 3.05) is 34.0 Å². The van der Waals surface area contributed by atoms with Crippen molar-refractivity contribution in [3.05, 3.63) is 35.4 Å². The molecule has 2 aromatic rings. The molecule has 1 heterocycles. The van der Waals surface area contributed by atoms with E-state index in [0.717, 1.165) is 48.3 Å². The number of hydrogen-bond acceptors (Lipinski definition) is 6. The van der Waals surface area contributed by atoms with Crippen molar-refractivity contribution in [3.8, 4) is 11.5 Å². The standard InChI is InChI=1S/C21H34N6O3.HI/c1-7-30-12-8-11-22-21(23-14-20-26-25-16(3)27(20)4)24-15(2)18-13-17(28-5)9-10-19(18)29-6;/h9-10,13,15H,7-8,11-12,14H2,1-6H3,(H2,22,23,24);1H. The summed E-state index contributed by atoms with van der Waals surface area (Å²) < 4.78 is 18.3. The van der Waals surface area contributed by atoms with E-state index in [-0.39, 0.29) is 30.0 Å². The number of ether oxygens (including phenoxy) is 3. The zero-order chi connectivity index (χ0) is 21.9. The van der Waals surface area contributed by atoms with Crippen molar-refractivity contribution < 1.29 is 14.2 Å². The van der Waals surface area contributed by atoms with Gasteiger partial charge in [-0.15, -0.1) is 34.2 Å². The van der Waals surface area contributed by atoms with E-state index in [4.69, 9.17) is 19.2 Å². The fourth-order valence-corrected chi connectivity index (χ4v) is 2.88. The van der Waals surface area contributed by atoms with Gasteiger partial charge in [-0.05, 0) is 45.4 Å². The van der Waals surface area contributed by atoms with E-state index in [1.807, 2.05) is 43.7 Å². The van der Waals surface area contributed by atoms with Gasteiger partial charge in [0, 0.05) is 32.4 Å². The van der Waals surface area contributed by atoms with Crippen molar-refractivity contribution >= 4 is 29.9 Å². The number of rotatable bonds is 11. The minimum atomic E-state index is -0.0607. The lowest BCUT2D eigenvalue weighted by Gasteiger charge is -2.21. The Kier molecular flexibility index (Phi) is 12.2. The molecule has 0 fully saturated rings. The van der Waals surface area contributed by atoms with Crippen LogP contribution in [0.25, 0.3) is 0 Å². The lowest BCUT2D eigenvalue weighted by molar-refractivity contribution is 0.145. The van der Waals surface area contributed by atoms with Gasteiger partial charge in [-0.1, -0.05) is 0 Å². The van der Waals surface area contributed by atoms with Gasteiger partial charge in [0.1, 0.15) is 23.9 Å². The van der Waals surface area contributed by atoms with E-state index in [2.05, 4.69) is 27.8 Å². The quantitative estimate of drug-likeness (QED) is 0.194. The van der Waals surface area contributed by atoms with Crippen molar-refractivity contribution in [1.82, 2.24) is 25.4 Å². The highest BCUT2D eigenvalue weighted by atomic mass is 127. The van der Waals surface area contributed by atoms with Crippen LogP contribution in [0.2, 0.25) is 0 Å². The molecule has 1 aromatic heterocycles. The number of aryl methyl sites for hydroxylation is 1. The van der Waals surface area contributed by atoms with Crippen molar-refractivity contribution in [3.63, 3.8) is 0 Å². The summed E-state index contributed by atoms with van der Waals surface area (Å²) >= 11 is 0. The van der Waals surface area contributed by atoms with Crippen LogP contribution < -0.4 is 20.1 Å². The molecule has 0 aliphatic heterocycles. The molecule has 2 rings (SSSR count). The number of aliphatic imine (C=N–C) groups is 1. The summed E-state index contributed by atoms with van der Waals surface area (Å²) in [6.07, 6.45) is 0.883. The Morgan fingerprint density at radius 2 is 2.00 bits per heavy atom. The molecule has 0 saturated carbocycles. The van der Waals surface area contributed by atoms with Crippen molar-refractivity contribution in [2.24, 2.45) is 12.0 Å². The second-order valence-corrected chi connectivity index (χ2v) is 6.84. The van der Waals surface area contributed by atoms with Crippen LogP contribution >= 0.6 is 24.0 Å². The molecule has 0 spiro atoms. The van der Waals surface area contributed by atoms with Crippen LogP contribution in [0.4, 0.5) is 0 Å². The summed E-state index contributed by atoms with van der Waals surface area (Å²) in [6, 6.07) is 5.69. The molecule has 0 radical (unpaired) electrons. The Morgan fingerprint density at radius 1 is 1.23 bits per heavy atom. The van der Waals surface area contributed by atoms with Crippen molar-refractivity contribution in [2.45, 2.75) is 39.8 Å². The molecule has 10 heteroatoms. The van der Waals surface area contributed by atoms with E-state index >= 15 is 0 Å². The molecule has 31 heavy (non-hydrogen) atoms. The molecular formula is C21H35IN6O3. The molecule has 1 unspecified atom stereocenters. The lowest BCUT2D eigenvalue weighted by atomic mass is 10.1. The number of methoxy groups -OCH3 is 2. The highest BCUT2D eigenvalue weighted by Gasteiger charge is 2.15. The van der Waals surface area contributed by atoms with Gasteiger partial charge in [0.05, 0.1) is 20.3 Å². The zero-order valence-electron chi connectivity index (χ0n) is 19.3. The van der Waals surface area contributed by atoms with Crippen molar-refractivity contribution in [1.29, 1.82) is 0 Å². The average molecular weight is 546 g/mol. The molecule has 1 aromatic carbocycles. The molecule has 0 aliphatic carbocycles. The van der Waals surface area contributed by atoms with Crippen LogP contribution in [-0.2, 0) is 18.3 Å². The maximum absolute atomic E-state index is 5.53. The first-order valence-corrected chi connectivity index (χ1v) is 10.2. The number of nitrogens with one attached hydrogen (secondary N) is 2. The largest absolute Gasteiger partial charge is 0.497 e. The average Bonchev–Trinajstić information content (AvgIpc) is 3.08. The zero-order valence-corrected chi connectivity index (χ0v) is 21.6. The van der Waals surface area contributed by atoms with Gasteiger partial charge in [0.15, 0.2) is 11.8 Å². The Bertz CT molecular complexity index is 827. The van der Waals surface area contributed by atoms with E-state index in [0.29, 0.717) is 19.1 Å². The summed E-state index contributed by atoms with van der Waals surface area (Å²) in [4.78, 5) is 4.71. The topological polar surface area (TPSA) is 94.8 Å². The number of halogens is 1. The fraction of sp³-hybridized carbons (Fsp3) is 0.571. The first-order chi connectivity index (χ1) is 14.5. The summed E-state index contributed by atoms with van der Waals surface area (Å²) in [6.45, 7) is 8.55. The predicted molar refractivity (Wildman–Crippen MR) is 133 cm³/mol. The van der Waals surface area contributed by atoms with Crippen LogP contribution in [-0.4, -0.2) is 54.7 Å². The summed E-state index contributed by atoms with van der Waals surface area (Å²) in [5.41, 5.74) is 0.982. The minimum absolute atomic E-state index is 0. The molecule has 0 amide bonds. The second kappa shape index (κ2) is 14.1. The highest BCUT2D eigenvalue weighted by Crippen LogP contribution is 2.29. The maximum Gasteiger partial charge on any atom is 0.192 e. The van der Waals surface area contributed by atoms with Crippen LogP contribution in [0.15, 0.2) is 23.2 Å². The summed E-state index contributed by atoms with van der Waals surface area (Å²) in [5, 5.41) is 15.1. The number of aromatic nitrogens is 3. The summed E-state index contributed by atoms with van der Waals surface area (Å²) in [5.74, 6) is 3.90. The predicted octanol–water partition coefficient (Wildman–Crippen LogP) is 2.98. The van der Waals surface area contributed by atoms with Crippen LogP contribution in [0.3, 0.4) is 0 Å². The highest BCUT2D eigenvalue weighted by molar-refractivity contribution is 14.0.